The van der Waals surface area contributed by atoms with Crippen LogP contribution in [0.25, 0.3) is 0 Å². The third-order valence-electron chi connectivity index (χ3n) is 3.82. The van der Waals surface area contributed by atoms with Crippen LogP contribution in [0.1, 0.15) is 6.92 Å². The van der Waals surface area contributed by atoms with Gasteiger partial charge in [-0.2, -0.15) is 0 Å². The van der Waals surface area contributed by atoms with E-state index in [-0.39, 0.29) is 5.69 Å². The Balaban J connectivity index is 1.61. The van der Waals surface area contributed by atoms with Crippen molar-refractivity contribution in [2.45, 2.75) is 6.92 Å². The second kappa shape index (κ2) is 7.83. The molecule has 1 heterocycles. The molecule has 27 heavy (non-hydrogen) atoms. The van der Waals surface area contributed by atoms with Gasteiger partial charge in [0, 0.05) is 11.8 Å². The molecule has 0 radical (unpaired) electrons. The molecule has 3 rings (SSSR count). The van der Waals surface area contributed by atoms with Crippen LogP contribution in [0.2, 0.25) is 0 Å². The summed E-state index contributed by atoms with van der Waals surface area (Å²) in [6.45, 7) is 2.38. The first-order valence-electron chi connectivity index (χ1n) is 8.29. The molecule has 7 nitrogen and oxygen atoms in total. The Morgan fingerprint density at radius 1 is 1.11 bits per heavy atom. The SMILES string of the molecule is CC(CS(=O)(=O)Nc1cccc(F)c1)C(=O)Nc1ccc2c(c1)OCCO2. The lowest BCUT2D eigenvalue weighted by atomic mass is 10.2. The van der Waals surface area contributed by atoms with Crippen molar-refractivity contribution in [3.8, 4) is 11.5 Å². The summed E-state index contributed by atoms with van der Waals surface area (Å²) in [6.07, 6.45) is 0. The quantitative estimate of drug-likeness (QED) is 0.786. The zero-order valence-electron chi connectivity index (χ0n) is 14.6. The van der Waals surface area contributed by atoms with Gasteiger partial charge < -0.3 is 14.8 Å². The lowest BCUT2D eigenvalue weighted by Gasteiger charge is -2.19. The van der Waals surface area contributed by atoms with E-state index in [4.69, 9.17) is 9.47 Å². The Hall–Kier alpha value is -2.81. The number of carbonyl (C=O) groups excluding carboxylic acids is 1. The molecule has 0 spiro atoms. The maximum absolute atomic E-state index is 13.2. The van der Waals surface area contributed by atoms with E-state index in [9.17, 15) is 17.6 Å². The normalized spacial score (nSPS) is 14.3. The molecule has 0 saturated heterocycles. The van der Waals surface area contributed by atoms with Gasteiger partial charge in [0.1, 0.15) is 19.0 Å². The van der Waals surface area contributed by atoms with E-state index in [2.05, 4.69) is 10.0 Å². The highest BCUT2D eigenvalue weighted by Crippen LogP contribution is 2.32. The van der Waals surface area contributed by atoms with E-state index in [1.165, 1.54) is 25.1 Å². The highest BCUT2D eigenvalue weighted by atomic mass is 32.2. The zero-order chi connectivity index (χ0) is 19.4. The molecule has 1 aliphatic rings. The van der Waals surface area contributed by atoms with Gasteiger partial charge in [0.15, 0.2) is 11.5 Å². The maximum atomic E-state index is 13.2. The van der Waals surface area contributed by atoms with E-state index in [1.807, 2.05) is 0 Å². The molecule has 1 unspecified atom stereocenters. The van der Waals surface area contributed by atoms with Crippen LogP contribution in [-0.4, -0.2) is 33.3 Å². The lowest BCUT2D eigenvalue weighted by molar-refractivity contribution is -0.118. The average Bonchev–Trinajstić information content (AvgIpc) is 2.60. The minimum Gasteiger partial charge on any atom is -0.486 e. The summed E-state index contributed by atoms with van der Waals surface area (Å²) < 4.78 is 50.7. The van der Waals surface area contributed by atoms with Crippen molar-refractivity contribution in [3.05, 3.63) is 48.3 Å². The Bertz CT molecular complexity index is 949. The summed E-state index contributed by atoms with van der Waals surface area (Å²) in [5.41, 5.74) is 0.584. The van der Waals surface area contributed by atoms with E-state index < -0.39 is 33.4 Å². The van der Waals surface area contributed by atoms with Gasteiger partial charge >= 0.3 is 0 Å². The third kappa shape index (κ3) is 5.10. The number of hydrogen-bond donors (Lipinski definition) is 2. The van der Waals surface area contributed by atoms with E-state index >= 15 is 0 Å². The van der Waals surface area contributed by atoms with Crippen LogP contribution in [0.15, 0.2) is 42.5 Å². The predicted octanol–water partition coefficient (Wildman–Crippen LogP) is 2.61. The number of halogens is 1. The van der Waals surface area contributed by atoms with Gasteiger partial charge in [0.2, 0.25) is 15.9 Å². The molecular weight excluding hydrogens is 375 g/mol. The molecule has 2 N–H and O–H groups in total. The minimum absolute atomic E-state index is 0.106. The van der Waals surface area contributed by atoms with Crippen LogP contribution in [0.4, 0.5) is 15.8 Å². The molecule has 1 aliphatic heterocycles. The first kappa shape index (κ1) is 19.0. The first-order chi connectivity index (χ1) is 12.8. The summed E-state index contributed by atoms with van der Waals surface area (Å²) >= 11 is 0. The molecule has 1 atom stereocenters. The molecule has 2 aromatic carbocycles. The summed E-state index contributed by atoms with van der Waals surface area (Å²) in [4.78, 5) is 12.3. The van der Waals surface area contributed by atoms with Crippen LogP contribution < -0.4 is 19.5 Å². The van der Waals surface area contributed by atoms with Crippen LogP contribution in [0.3, 0.4) is 0 Å². The van der Waals surface area contributed by atoms with Gasteiger partial charge in [-0.1, -0.05) is 13.0 Å². The van der Waals surface area contributed by atoms with Crippen molar-refractivity contribution in [1.29, 1.82) is 0 Å². The topological polar surface area (TPSA) is 93.7 Å². The number of amides is 1. The van der Waals surface area contributed by atoms with Crippen LogP contribution >= 0.6 is 0 Å². The standard InChI is InChI=1S/C18H19FN2O5S/c1-12(11-27(23,24)21-15-4-2-3-13(19)9-15)18(22)20-14-5-6-16-17(10-14)26-8-7-25-16/h2-6,9-10,12,21H,7-8,11H2,1H3,(H,20,22). The molecule has 0 bridgehead atoms. The van der Waals surface area contributed by atoms with Crippen molar-refractivity contribution >= 4 is 27.3 Å². The second-order valence-corrected chi connectivity index (χ2v) is 7.91. The van der Waals surface area contributed by atoms with Crippen LogP contribution in [-0.2, 0) is 14.8 Å². The molecule has 0 aliphatic carbocycles. The highest BCUT2D eigenvalue weighted by Gasteiger charge is 2.22. The average molecular weight is 394 g/mol. The fourth-order valence-electron chi connectivity index (χ4n) is 2.56. The lowest BCUT2D eigenvalue weighted by Crippen LogP contribution is -2.30. The molecule has 2 aromatic rings. The Morgan fingerprint density at radius 3 is 2.59 bits per heavy atom. The summed E-state index contributed by atoms with van der Waals surface area (Å²) in [5.74, 6) is -1.18. The Kier molecular flexibility index (Phi) is 5.50. The number of sulfonamides is 1. The fourth-order valence-corrected chi connectivity index (χ4v) is 3.94. The molecule has 9 heteroatoms. The number of rotatable bonds is 6. The van der Waals surface area contributed by atoms with Gasteiger partial charge in [0.25, 0.3) is 0 Å². The number of hydrogen-bond acceptors (Lipinski definition) is 5. The van der Waals surface area contributed by atoms with Crippen molar-refractivity contribution in [3.63, 3.8) is 0 Å². The molecular formula is C18H19FN2O5S. The molecule has 0 aromatic heterocycles. The monoisotopic (exact) mass is 394 g/mol. The fraction of sp³-hybridized carbons (Fsp3) is 0.278. The van der Waals surface area contributed by atoms with Crippen LogP contribution in [0.5, 0.6) is 11.5 Å². The largest absolute Gasteiger partial charge is 0.486 e. The zero-order valence-corrected chi connectivity index (χ0v) is 15.4. The molecule has 144 valence electrons. The number of ether oxygens (including phenoxy) is 2. The van der Waals surface area contributed by atoms with Crippen molar-refractivity contribution in [1.82, 2.24) is 0 Å². The van der Waals surface area contributed by atoms with Gasteiger partial charge in [0.05, 0.1) is 17.4 Å². The third-order valence-corrected chi connectivity index (χ3v) is 5.31. The van der Waals surface area contributed by atoms with Crippen LogP contribution in [0, 0.1) is 11.7 Å². The van der Waals surface area contributed by atoms with Crippen molar-refractivity contribution < 1.29 is 27.1 Å². The number of fused-ring (bicyclic) bond motifs is 1. The van der Waals surface area contributed by atoms with Crippen molar-refractivity contribution in [2.75, 3.05) is 29.0 Å². The van der Waals surface area contributed by atoms with Gasteiger partial charge in [-0.05, 0) is 30.3 Å². The first-order valence-corrected chi connectivity index (χ1v) is 9.94. The van der Waals surface area contributed by atoms with E-state index in [1.54, 1.807) is 18.2 Å². The summed E-state index contributed by atoms with van der Waals surface area (Å²) in [6, 6.07) is 10.1. The van der Waals surface area contributed by atoms with E-state index in [0.29, 0.717) is 30.4 Å². The smallest absolute Gasteiger partial charge is 0.233 e. The number of nitrogens with one attached hydrogen (secondary N) is 2. The second-order valence-electron chi connectivity index (χ2n) is 6.14. The maximum Gasteiger partial charge on any atom is 0.233 e. The van der Waals surface area contributed by atoms with E-state index in [0.717, 1.165) is 6.07 Å². The summed E-state index contributed by atoms with van der Waals surface area (Å²) in [7, 11) is -3.82. The number of anilines is 2. The molecule has 0 fully saturated rings. The Labute approximate surface area is 156 Å². The number of carbonyl (C=O) groups is 1. The molecule has 1 amide bonds. The Morgan fingerprint density at radius 2 is 1.85 bits per heavy atom. The molecule has 0 saturated carbocycles. The van der Waals surface area contributed by atoms with Gasteiger partial charge in [-0.25, -0.2) is 12.8 Å². The van der Waals surface area contributed by atoms with Gasteiger partial charge in [-0.3, -0.25) is 9.52 Å². The van der Waals surface area contributed by atoms with Crippen molar-refractivity contribution in [2.24, 2.45) is 5.92 Å². The minimum atomic E-state index is -3.82. The van der Waals surface area contributed by atoms with Gasteiger partial charge in [-0.15, -0.1) is 0 Å². The highest BCUT2D eigenvalue weighted by molar-refractivity contribution is 7.92. The number of benzene rings is 2. The predicted molar refractivity (Wildman–Crippen MR) is 99.0 cm³/mol. The summed E-state index contributed by atoms with van der Waals surface area (Å²) in [5, 5.41) is 2.66.